The maximum absolute atomic E-state index is 13.8. The van der Waals surface area contributed by atoms with Crippen molar-refractivity contribution in [3.05, 3.63) is 53.6 Å². The summed E-state index contributed by atoms with van der Waals surface area (Å²) in [5.74, 6) is 1.91. The molecular weight excluding hydrogens is 669 g/mol. The Morgan fingerprint density at radius 3 is 2.17 bits per heavy atom. The zero-order chi connectivity index (χ0) is 37.7. The van der Waals surface area contributed by atoms with Crippen LogP contribution in [0.5, 0.6) is 0 Å². The summed E-state index contributed by atoms with van der Waals surface area (Å²) >= 11 is 0. The Balaban J connectivity index is 1.18. The average molecular weight is 733 g/mol. The minimum atomic E-state index is -2.99. The van der Waals surface area contributed by atoms with E-state index in [-0.39, 0.29) is 62.5 Å². The number of sulfone groups is 1. The number of fused-ring (bicyclic) bond motifs is 7. The van der Waals surface area contributed by atoms with Crippen LogP contribution in [0.25, 0.3) is 5.57 Å². The van der Waals surface area contributed by atoms with E-state index in [1.807, 2.05) is 17.0 Å². The largest absolute Gasteiger partial charge is 0.465 e. The summed E-state index contributed by atoms with van der Waals surface area (Å²) < 4.78 is 29.1. The molecule has 5 fully saturated rings. The average Bonchev–Trinajstić information content (AvgIpc) is 3.47. The van der Waals surface area contributed by atoms with Crippen LogP contribution in [-0.2, 0) is 19.4 Å². The maximum atomic E-state index is 13.8. The molecule has 1 heterocycles. The normalized spacial score (nSPS) is 42.0. The van der Waals surface area contributed by atoms with Gasteiger partial charge in [-0.1, -0.05) is 71.9 Å². The highest BCUT2D eigenvalue weighted by atomic mass is 32.2. The molecule has 1 saturated heterocycles. The molecule has 0 radical (unpaired) electrons. The maximum Gasteiger partial charge on any atom is 0.337 e. The highest BCUT2D eigenvalue weighted by molar-refractivity contribution is 7.91. The van der Waals surface area contributed by atoms with Gasteiger partial charge in [0.25, 0.3) is 0 Å². The van der Waals surface area contributed by atoms with Gasteiger partial charge >= 0.3 is 5.97 Å². The van der Waals surface area contributed by atoms with E-state index < -0.39 is 9.84 Å². The molecule has 1 N–H and O–H groups in total. The number of benzene rings is 1. The highest BCUT2D eigenvalue weighted by Gasteiger charge is 2.73. The van der Waals surface area contributed by atoms with Crippen molar-refractivity contribution in [2.24, 2.45) is 50.7 Å². The Labute approximate surface area is 313 Å². The molecule has 9 atom stereocenters. The molecular formula is C44H64N2O5S. The molecule has 1 aromatic rings. The number of ether oxygens (including phenoxy) is 1. The van der Waals surface area contributed by atoms with Crippen molar-refractivity contribution in [2.75, 3.05) is 38.2 Å². The molecule has 0 aromatic heterocycles. The fourth-order valence-electron chi connectivity index (χ4n) is 13.9. The monoisotopic (exact) mass is 732 g/mol. The number of rotatable bonds is 6. The van der Waals surface area contributed by atoms with E-state index >= 15 is 0 Å². The van der Waals surface area contributed by atoms with E-state index in [2.05, 4.69) is 78.6 Å². The lowest BCUT2D eigenvalue weighted by molar-refractivity contribution is -0.244. The van der Waals surface area contributed by atoms with Crippen LogP contribution >= 0.6 is 0 Å². The molecule has 7 nitrogen and oxygen atoms in total. The van der Waals surface area contributed by atoms with Crippen LogP contribution in [0.2, 0.25) is 0 Å². The quantitative estimate of drug-likeness (QED) is 0.235. The van der Waals surface area contributed by atoms with Crippen LogP contribution in [0, 0.1) is 50.7 Å². The molecule has 0 spiro atoms. The van der Waals surface area contributed by atoms with Crippen molar-refractivity contribution in [2.45, 2.75) is 112 Å². The first-order valence-electron chi connectivity index (χ1n) is 20.1. The van der Waals surface area contributed by atoms with Gasteiger partial charge in [0, 0.05) is 18.6 Å². The predicted molar refractivity (Wildman–Crippen MR) is 208 cm³/mol. The number of hydrogen-bond acceptors (Lipinski definition) is 6. The van der Waals surface area contributed by atoms with Crippen molar-refractivity contribution < 1.29 is 22.7 Å². The number of allylic oxidation sites excluding steroid dienone is 3. The second-order valence-corrected chi connectivity index (χ2v) is 21.8. The topological polar surface area (TPSA) is 92.8 Å². The van der Waals surface area contributed by atoms with Crippen molar-refractivity contribution in [1.82, 2.24) is 10.2 Å². The summed E-state index contributed by atoms with van der Waals surface area (Å²) in [6.45, 7) is 23.4. The molecule has 8 heteroatoms. The van der Waals surface area contributed by atoms with E-state index in [0.717, 1.165) is 32.1 Å². The Morgan fingerprint density at radius 1 is 0.885 bits per heavy atom. The Bertz CT molecular complexity index is 1770. The number of methoxy groups -OCH3 is 1. The lowest BCUT2D eigenvalue weighted by Crippen LogP contribution is -2.70. The van der Waals surface area contributed by atoms with Gasteiger partial charge in [-0.25, -0.2) is 13.2 Å². The van der Waals surface area contributed by atoms with E-state index in [1.165, 1.54) is 49.5 Å². The first-order valence-corrected chi connectivity index (χ1v) is 21.9. The fraction of sp³-hybridized carbons (Fsp3) is 0.727. The van der Waals surface area contributed by atoms with Gasteiger partial charge in [-0.2, -0.15) is 0 Å². The summed E-state index contributed by atoms with van der Waals surface area (Å²) in [7, 11) is -1.56. The highest BCUT2D eigenvalue weighted by Crippen LogP contribution is 2.79. The Hall–Kier alpha value is -2.45. The van der Waals surface area contributed by atoms with Crippen LogP contribution in [0.3, 0.4) is 0 Å². The molecule has 286 valence electrons. The molecule has 6 aliphatic rings. The number of nitrogens with one attached hydrogen (secondary N) is 1. The standard InChI is InChI=1S/C44H64N2O5S/c1-29(2)32-16-19-44(45-36(47)28-46-24-26-52(49,50)27-25-46)23-21-40(5)34(37(32)44)14-15-35-41(40,6)20-22-43(8)39(3,4)33(17-18-42(35,43)7)30-10-12-31(13-11-30)38(48)51-9/h10-13,17,32,34-35,37H,1,14-16,18-28H2,2-9H3,(H,45,47). The van der Waals surface area contributed by atoms with Crippen molar-refractivity contribution in [3.63, 3.8) is 0 Å². The summed E-state index contributed by atoms with van der Waals surface area (Å²) in [6, 6.07) is 8.02. The molecule has 52 heavy (non-hydrogen) atoms. The summed E-state index contributed by atoms with van der Waals surface area (Å²) in [4.78, 5) is 28.0. The van der Waals surface area contributed by atoms with E-state index in [0.29, 0.717) is 42.3 Å². The Kier molecular flexibility index (Phi) is 9.13. The van der Waals surface area contributed by atoms with E-state index in [4.69, 9.17) is 4.74 Å². The first-order chi connectivity index (χ1) is 24.3. The molecule has 9 unspecified atom stereocenters. The molecule has 5 aliphatic carbocycles. The fourth-order valence-corrected chi connectivity index (χ4v) is 15.2. The van der Waals surface area contributed by atoms with Crippen molar-refractivity contribution in [1.29, 1.82) is 0 Å². The van der Waals surface area contributed by atoms with Gasteiger partial charge in [0.2, 0.25) is 5.91 Å². The zero-order valence-electron chi connectivity index (χ0n) is 33.2. The predicted octanol–water partition coefficient (Wildman–Crippen LogP) is 8.11. The minimum absolute atomic E-state index is 0.0584. The SMILES string of the molecule is C=C(C)C1CCC2(NC(=O)CN3CCS(=O)(=O)CC3)CCC3(C)C(CCC4C3(C)CCC3(C)C(C)(C)C(c5ccc(C(=O)OC)cc5)=CCC43C)C12. The van der Waals surface area contributed by atoms with E-state index in [1.54, 1.807) is 0 Å². The molecule has 1 aromatic carbocycles. The van der Waals surface area contributed by atoms with Crippen LogP contribution in [0.4, 0.5) is 0 Å². The molecule has 1 aliphatic heterocycles. The molecule has 4 saturated carbocycles. The number of esters is 1. The number of carbonyl (C=O) groups is 2. The smallest absolute Gasteiger partial charge is 0.337 e. The third-order valence-corrected chi connectivity index (χ3v) is 19.2. The zero-order valence-corrected chi connectivity index (χ0v) is 34.0. The minimum Gasteiger partial charge on any atom is -0.465 e. The summed E-state index contributed by atoms with van der Waals surface area (Å²) in [5, 5.41) is 3.68. The van der Waals surface area contributed by atoms with Crippen molar-refractivity contribution in [3.8, 4) is 0 Å². The molecule has 7 rings (SSSR count). The summed E-state index contributed by atoms with van der Waals surface area (Å²) in [5.41, 5.74) is 4.69. The lowest BCUT2D eigenvalue weighted by atomic mass is 9.30. The molecule has 0 bridgehead atoms. The Morgan fingerprint density at radius 2 is 1.54 bits per heavy atom. The van der Waals surface area contributed by atoms with Gasteiger partial charge < -0.3 is 10.1 Å². The van der Waals surface area contributed by atoms with Gasteiger partial charge in [-0.3, -0.25) is 9.69 Å². The van der Waals surface area contributed by atoms with Gasteiger partial charge in [0.1, 0.15) is 0 Å². The number of amides is 1. The van der Waals surface area contributed by atoms with E-state index in [9.17, 15) is 18.0 Å². The summed E-state index contributed by atoms with van der Waals surface area (Å²) in [6.07, 6.45) is 12.6. The second kappa shape index (κ2) is 12.5. The molecule has 1 amide bonds. The van der Waals surface area contributed by atoms with Crippen LogP contribution in [-0.4, -0.2) is 69.0 Å². The third kappa shape index (κ3) is 5.37. The van der Waals surface area contributed by atoms with Gasteiger partial charge in [-0.05, 0) is 139 Å². The second-order valence-electron chi connectivity index (χ2n) is 19.5. The van der Waals surface area contributed by atoms with Gasteiger partial charge in [0.05, 0.1) is 30.7 Å². The van der Waals surface area contributed by atoms with Crippen LogP contribution in [0.15, 0.2) is 42.5 Å². The van der Waals surface area contributed by atoms with Gasteiger partial charge in [0.15, 0.2) is 9.84 Å². The van der Waals surface area contributed by atoms with Gasteiger partial charge in [-0.15, -0.1) is 0 Å². The first kappa shape index (κ1) is 37.8. The van der Waals surface area contributed by atoms with Crippen LogP contribution < -0.4 is 5.32 Å². The lowest BCUT2D eigenvalue weighted by Gasteiger charge is -2.75. The number of nitrogens with zero attached hydrogens (tertiary/aromatic N) is 1. The number of hydrogen-bond donors (Lipinski definition) is 1. The van der Waals surface area contributed by atoms with Crippen LogP contribution in [0.1, 0.15) is 122 Å². The van der Waals surface area contributed by atoms with Crippen molar-refractivity contribution >= 4 is 27.3 Å². The number of carbonyl (C=O) groups excluding carboxylic acids is 2. The third-order valence-electron chi connectivity index (χ3n) is 17.6.